The highest BCUT2D eigenvalue weighted by atomic mass is 79.9. The number of esters is 1. The Morgan fingerprint density at radius 2 is 2.11 bits per heavy atom. The van der Waals surface area contributed by atoms with E-state index in [1.807, 2.05) is 30.3 Å². The van der Waals surface area contributed by atoms with Gasteiger partial charge in [0.05, 0.1) is 23.4 Å². The second-order valence-electron chi connectivity index (χ2n) is 3.64. The van der Waals surface area contributed by atoms with Crippen LogP contribution < -0.4 is 0 Å². The molecule has 0 bridgehead atoms. The number of carbonyl (C=O) groups excluding carboxylic acids is 1. The Morgan fingerprint density at radius 1 is 1.39 bits per heavy atom. The second-order valence-corrected chi connectivity index (χ2v) is 6.70. The van der Waals surface area contributed by atoms with Gasteiger partial charge in [0.15, 0.2) is 0 Å². The molecule has 0 amide bonds. The number of para-hydroxylation sites is 1. The van der Waals surface area contributed by atoms with Gasteiger partial charge in [-0.05, 0) is 19.1 Å². The molecule has 18 heavy (non-hydrogen) atoms. The minimum Gasteiger partial charge on any atom is -0.462 e. The van der Waals surface area contributed by atoms with E-state index >= 15 is 0 Å². The van der Waals surface area contributed by atoms with E-state index in [4.69, 9.17) is 4.74 Å². The van der Waals surface area contributed by atoms with Crippen molar-refractivity contribution < 1.29 is 9.53 Å². The van der Waals surface area contributed by atoms with E-state index in [-0.39, 0.29) is 9.71 Å². The molecular weight excluding hydrogens is 362 g/mol. The van der Waals surface area contributed by atoms with Crippen LogP contribution in [0.3, 0.4) is 0 Å². The zero-order chi connectivity index (χ0) is 13.1. The van der Waals surface area contributed by atoms with Gasteiger partial charge in [-0.3, -0.25) is 0 Å². The summed E-state index contributed by atoms with van der Waals surface area (Å²) >= 11 is 6.77. The lowest BCUT2D eigenvalue weighted by molar-refractivity contribution is 0.0525. The molecule has 0 radical (unpaired) electrons. The fourth-order valence-electron chi connectivity index (χ4n) is 1.67. The molecule has 0 unspecified atom stereocenters. The highest BCUT2D eigenvalue weighted by molar-refractivity contribution is 9.24. The Hall–Kier alpha value is -0.940. The summed E-state index contributed by atoms with van der Waals surface area (Å²) in [5, 5.41) is 0.921. The second kappa shape index (κ2) is 5.80. The van der Waals surface area contributed by atoms with Crippen molar-refractivity contribution in [3.8, 4) is 0 Å². The monoisotopic (exact) mass is 371 g/mol. The highest BCUT2D eigenvalue weighted by Crippen LogP contribution is 2.32. The number of hydrogen-bond donors (Lipinski definition) is 0. The van der Waals surface area contributed by atoms with Gasteiger partial charge >= 0.3 is 5.97 Å². The molecule has 0 aliphatic rings. The molecule has 0 N–H and O–H groups in total. The Bertz CT molecular complexity index is 584. The van der Waals surface area contributed by atoms with Gasteiger partial charge in [-0.15, -0.1) is 0 Å². The molecule has 1 aromatic carbocycles. The van der Waals surface area contributed by atoms with Crippen LogP contribution in [0, 0.1) is 0 Å². The zero-order valence-electron chi connectivity index (χ0n) is 9.69. The standard InChI is InChI=1S/C13H11Br2NO2/c1-2-18-13(17)9-7-8-5-3-4-6-10(8)16-11(9)12(14)15/h3-7,12H,2H2,1H3. The van der Waals surface area contributed by atoms with Gasteiger partial charge in [0.2, 0.25) is 0 Å². The fraction of sp³-hybridized carbons (Fsp3) is 0.231. The van der Waals surface area contributed by atoms with Crippen molar-refractivity contribution in [2.24, 2.45) is 0 Å². The maximum atomic E-state index is 11.9. The molecule has 2 rings (SSSR count). The third-order valence-corrected chi connectivity index (χ3v) is 3.32. The first-order valence-corrected chi connectivity index (χ1v) is 7.31. The maximum Gasteiger partial charge on any atom is 0.340 e. The van der Waals surface area contributed by atoms with Crippen LogP contribution in [0.1, 0.15) is 26.7 Å². The number of fused-ring (bicyclic) bond motifs is 1. The largest absolute Gasteiger partial charge is 0.462 e. The lowest BCUT2D eigenvalue weighted by atomic mass is 10.1. The Balaban J connectivity index is 2.61. The summed E-state index contributed by atoms with van der Waals surface area (Å²) in [7, 11) is 0. The molecule has 0 aliphatic heterocycles. The topological polar surface area (TPSA) is 39.2 Å². The Labute approximate surface area is 122 Å². The van der Waals surface area contributed by atoms with E-state index in [2.05, 4.69) is 36.8 Å². The zero-order valence-corrected chi connectivity index (χ0v) is 12.9. The third kappa shape index (κ3) is 2.72. The molecule has 0 spiro atoms. The molecule has 2 aromatic rings. The summed E-state index contributed by atoms with van der Waals surface area (Å²) < 4.78 is 4.86. The average Bonchev–Trinajstić information content (AvgIpc) is 2.37. The van der Waals surface area contributed by atoms with Gasteiger partial charge in [-0.2, -0.15) is 0 Å². The summed E-state index contributed by atoms with van der Waals surface area (Å²) in [6.07, 6.45) is 0. The van der Waals surface area contributed by atoms with Crippen LogP contribution in [0.4, 0.5) is 0 Å². The number of alkyl halides is 2. The van der Waals surface area contributed by atoms with Crippen LogP contribution in [-0.4, -0.2) is 17.6 Å². The van der Waals surface area contributed by atoms with Gasteiger partial charge in [-0.25, -0.2) is 9.78 Å². The van der Waals surface area contributed by atoms with Crippen LogP contribution in [0.5, 0.6) is 0 Å². The normalized spacial score (nSPS) is 10.9. The van der Waals surface area contributed by atoms with E-state index in [0.29, 0.717) is 17.9 Å². The van der Waals surface area contributed by atoms with Crippen LogP contribution in [0.25, 0.3) is 10.9 Å². The minimum atomic E-state index is -0.352. The minimum absolute atomic E-state index is 0.186. The van der Waals surface area contributed by atoms with Crippen molar-refractivity contribution in [2.75, 3.05) is 6.61 Å². The summed E-state index contributed by atoms with van der Waals surface area (Å²) in [5.74, 6) is -0.352. The number of rotatable bonds is 3. The summed E-state index contributed by atoms with van der Waals surface area (Å²) in [4.78, 5) is 16.4. The third-order valence-electron chi connectivity index (χ3n) is 2.46. The van der Waals surface area contributed by atoms with E-state index in [9.17, 15) is 4.79 Å². The van der Waals surface area contributed by atoms with Gasteiger partial charge in [0.1, 0.15) is 3.74 Å². The molecule has 94 valence electrons. The molecule has 0 atom stereocenters. The van der Waals surface area contributed by atoms with Crippen molar-refractivity contribution in [1.29, 1.82) is 0 Å². The summed E-state index contributed by atoms with van der Waals surface area (Å²) in [6, 6.07) is 9.48. The SMILES string of the molecule is CCOC(=O)c1cc2ccccc2nc1C(Br)Br. The number of pyridine rings is 1. The predicted octanol–water partition coefficient (Wildman–Crippen LogP) is 4.20. The van der Waals surface area contributed by atoms with Gasteiger partial charge in [0.25, 0.3) is 0 Å². The summed E-state index contributed by atoms with van der Waals surface area (Å²) in [6.45, 7) is 2.13. The predicted molar refractivity (Wildman–Crippen MR) is 78.3 cm³/mol. The van der Waals surface area contributed by atoms with Crippen molar-refractivity contribution >= 4 is 48.7 Å². The first-order chi connectivity index (χ1) is 8.63. The smallest absolute Gasteiger partial charge is 0.340 e. The van der Waals surface area contributed by atoms with E-state index in [1.54, 1.807) is 6.92 Å². The average molecular weight is 373 g/mol. The molecule has 3 nitrogen and oxygen atoms in total. The van der Waals surface area contributed by atoms with Gasteiger partial charge in [0, 0.05) is 5.39 Å². The molecule has 0 saturated carbocycles. The Kier molecular flexibility index (Phi) is 4.35. The lowest BCUT2D eigenvalue weighted by Crippen LogP contribution is -2.09. The van der Waals surface area contributed by atoms with Gasteiger partial charge < -0.3 is 4.74 Å². The van der Waals surface area contributed by atoms with E-state index in [0.717, 1.165) is 10.9 Å². The van der Waals surface area contributed by atoms with Crippen LogP contribution in [0.15, 0.2) is 30.3 Å². The molecule has 0 fully saturated rings. The van der Waals surface area contributed by atoms with Crippen LogP contribution in [0.2, 0.25) is 0 Å². The number of hydrogen-bond acceptors (Lipinski definition) is 3. The number of halogens is 2. The van der Waals surface area contributed by atoms with Crippen molar-refractivity contribution in [3.05, 3.63) is 41.6 Å². The maximum absolute atomic E-state index is 11.9. The first kappa shape index (κ1) is 13.5. The molecule has 1 aromatic heterocycles. The molecule has 1 heterocycles. The van der Waals surface area contributed by atoms with Gasteiger partial charge in [-0.1, -0.05) is 50.1 Å². The van der Waals surface area contributed by atoms with E-state index < -0.39 is 0 Å². The quantitative estimate of drug-likeness (QED) is 0.598. The van der Waals surface area contributed by atoms with Crippen molar-refractivity contribution in [3.63, 3.8) is 0 Å². The number of nitrogens with zero attached hydrogens (tertiary/aromatic N) is 1. The first-order valence-electron chi connectivity index (χ1n) is 5.48. The molecule has 0 aliphatic carbocycles. The molecule has 5 heteroatoms. The van der Waals surface area contributed by atoms with Crippen molar-refractivity contribution in [2.45, 2.75) is 10.7 Å². The Morgan fingerprint density at radius 3 is 2.78 bits per heavy atom. The summed E-state index contributed by atoms with van der Waals surface area (Å²) in [5.41, 5.74) is 1.96. The van der Waals surface area contributed by atoms with Crippen LogP contribution in [-0.2, 0) is 4.74 Å². The van der Waals surface area contributed by atoms with Crippen LogP contribution >= 0.6 is 31.9 Å². The lowest BCUT2D eigenvalue weighted by Gasteiger charge is -2.10. The number of ether oxygens (including phenoxy) is 1. The van der Waals surface area contributed by atoms with E-state index in [1.165, 1.54) is 0 Å². The number of benzene rings is 1. The molecular formula is C13H11Br2NO2. The molecule has 0 saturated heterocycles. The highest BCUT2D eigenvalue weighted by Gasteiger charge is 2.19. The number of carbonyl (C=O) groups is 1. The fourth-order valence-corrected chi connectivity index (χ4v) is 2.37. The van der Waals surface area contributed by atoms with Crippen molar-refractivity contribution in [1.82, 2.24) is 4.98 Å². The number of aromatic nitrogens is 1.